The second-order valence-corrected chi connectivity index (χ2v) is 4.17. The maximum Gasteiger partial charge on any atom is 0.335 e. The highest BCUT2D eigenvalue weighted by molar-refractivity contribution is 5.95. The van der Waals surface area contributed by atoms with E-state index < -0.39 is 30.2 Å². The first kappa shape index (κ1) is 14.2. The van der Waals surface area contributed by atoms with Crippen LogP contribution in [0.5, 0.6) is 11.5 Å². The Balaban J connectivity index is 2.56. The largest absolute Gasteiger partial charge is 0.496 e. The van der Waals surface area contributed by atoms with Gasteiger partial charge in [-0.1, -0.05) is 6.07 Å². The quantitative estimate of drug-likeness (QED) is 0.925. The minimum atomic E-state index is -3.93. The highest BCUT2D eigenvalue weighted by Crippen LogP contribution is 2.40. The monoisotopic (exact) mass is 288 g/mol. The molecular formula is C13H11F3O4. The predicted molar refractivity (Wildman–Crippen MR) is 63.9 cm³/mol. The Morgan fingerprint density at radius 3 is 2.75 bits per heavy atom. The van der Waals surface area contributed by atoms with E-state index in [0.717, 1.165) is 6.08 Å². The summed E-state index contributed by atoms with van der Waals surface area (Å²) in [7, 11) is 1.35. The number of fused-ring (bicyclic) bond motifs is 1. The van der Waals surface area contributed by atoms with Crippen LogP contribution in [0.1, 0.15) is 5.56 Å². The molecule has 4 nitrogen and oxygen atoms in total. The highest BCUT2D eigenvalue weighted by atomic mass is 19.3. The third-order valence-electron chi connectivity index (χ3n) is 2.88. The van der Waals surface area contributed by atoms with Crippen molar-refractivity contribution in [2.75, 3.05) is 13.8 Å². The van der Waals surface area contributed by atoms with E-state index in [9.17, 15) is 18.0 Å². The maximum absolute atomic E-state index is 13.5. The Morgan fingerprint density at radius 1 is 1.50 bits per heavy atom. The third kappa shape index (κ3) is 2.31. The van der Waals surface area contributed by atoms with Gasteiger partial charge in [0.05, 0.1) is 18.2 Å². The van der Waals surface area contributed by atoms with Crippen LogP contribution in [0.4, 0.5) is 13.2 Å². The van der Waals surface area contributed by atoms with E-state index in [2.05, 4.69) is 0 Å². The Bertz CT molecular complexity index is 569. The van der Waals surface area contributed by atoms with Crippen molar-refractivity contribution in [3.63, 3.8) is 0 Å². The standard InChI is InChI=1S/C13H11F3O4/c1-19-9-3-2-4-10-7(9)5-8(12(17)18)11(20-10)13(15,16)6-14/h2-5,11H,6H2,1H3,(H,17,18). The van der Waals surface area contributed by atoms with Gasteiger partial charge in [0.25, 0.3) is 0 Å². The lowest BCUT2D eigenvalue weighted by Gasteiger charge is -2.30. The number of benzene rings is 1. The van der Waals surface area contributed by atoms with Crippen molar-refractivity contribution in [3.05, 3.63) is 29.3 Å². The van der Waals surface area contributed by atoms with Gasteiger partial charge in [-0.3, -0.25) is 0 Å². The molecule has 0 aliphatic carbocycles. The zero-order valence-corrected chi connectivity index (χ0v) is 10.4. The first-order valence-corrected chi connectivity index (χ1v) is 5.63. The molecule has 0 saturated carbocycles. The van der Waals surface area contributed by atoms with Gasteiger partial charge in [0.1, 0.15) is 11.5 Å². The lowest BCUT2D eigenvalue weighted by Crippen LogP contribution is -2.44. The topological polar surface area (TPSA) is 55.8 Å². The van der Waals surface area contributed by atoms with Gasteiger partial charge in [0.2, 0.25) is 0 Å². The van der Waals surface area contributed by atoms with Crippen LogP contribution in [0, 0.1) is 0 Å². The molecule has 1 unspecified atom stereocenters. The molecule has 0 fully saturated rings. The molecule has 1 atom stereocenters. The van der Waals surface area contributed by atoms with E-state index in [4.69, 9.17) is 14.6 Å². The zero-order valence-electron chi connectivity index (χ0n) is 10.4. The van der Waals surface area contributed by atoms with Crippen molar-refractivity contribution in [1.29, 1.82) is 0 Å². The van der Waals surface area contributed by atoms with Gasteiger partial charge in [-0.25, -0.2) is 9.18 Å². The number of hydrogen-bond donors (Lipinski definition) is 1. The van der Waals surface area contributed by atoms with Gasteiger partial charge >= 0.3 is 11.9 Å². The summed E-state index contributed by atoms with van der Waals surface area (Å²) in [6, 6.07) is 4.42. The average Bonchev–Trinajstić information content (AvgIpc) is 2.44. The van der Waals surface area contributed by atoms with E-state index in [-0.39, 0.29) is 17.1 Å². The Labute approximate surface area is 112 Å². The van der Waals surface area contributed by atoms with Gasteiger partial charge < -0.3 is 14.6 Å². The number of halogens is 3. The fourth-order valence-electron chi connectivity index (χ4n) is 1.93. The summed E-state index contributed by atoms with van der Waals surface area (Å²) >= 11 is 0. The molecule has 0 radical (unpaired) electrons. The molecule has 1 aliphatic heterocycles. The summed E-state index contributed by atoms with van der Waals surface area (Å²) in [6.07, 6.45) is -1.15. The van der Waals surface area contributed by atoms with Crippen LogP contribution in [-0.4, -0.2) is 36.9 Å². The molecule has 0 bridgehead atoms. The fourth-order valence-corrected chi connectivity index (χ4v) is 1.93. The maximum atomic E-state index is 13.5. The fraction of sp³-hybridized carbons (Fsp3) is 0.308. The lowest BCUT2D eigenvalue weighted by molar-refractivity contribution is -0.139. The lowest BCUT2D eigenvalue weighted by atomic mass is 9.97. The molecule has 1 aromatic rings. The van der Waals surface area contributed by atoms with E-state index in [0.29, 0.717) is 0 Å². The third-order valence-corrected chi connectivity index (χ3v) is 2.88. The molecule has 108 valence electrons. The SMILES string of the molecule is COc1cccc2c1C=C(C(=O)O)C(C(F)(F)CF)O2. The van der Waals surface area contributed by atoms with Gasteiger partial charge in [-0.05, 0) is 18.2 Å². The molecule has 20 heavy (non-hydrogen) atoms. The Kier molecular flexibility index (Phi) is 3.61. The van der Waals surface area contributed by atoms with Crippen molar-refractivity contribution in [2.24, 2.45) is 0 Å². The van der Waals surface area contributed by atoms with Crippen LogP contribution in [0.3, 0.4) is 0 Å². The molecule has 7 heteroatoms. The average molecular weight is 288 g/mol. The van der Waals surface area contributed by atoms with Crippen LogP contribution in [-0.2, 0) is 4.79 Å². The number of rotatable bonds is 4. The van der Waals surface area contributed by atoms with Crippen LogP contribution in [0.15, 0.2) is 23.8 Å². The first-order valence-electron chi connectivity index (χ1n) is 5.63. The number of carboxylic acids is 1. The Hall–Kier alpha value is -2.18. The van der Waals surface area contributed by atoms with E-state index in [1.54, 1.807) is 0 Å². The second kappa shape index (κ2) is 5.07. The Morgan fingerprint density at radius 2 is 2.20 bits per heavy atom. The smallest absolute Gasteiger partial charge is 0.335 e. The molecule has 1 aromatic carbocycles. The summed E-state index contributed by atoms with van der Waals surface area (Å²) in [6.45, 7) is -2.01. The molecule has 1 aliphatic rings. The van der Waals surface area contributed by atoms with Gasteiger partial charge in [-0.15, -0.1) is 0 Å². The number of ether oxygens (including phenoxy) is 2. The summed E-state index contributed by atoms with van der Waals surface area (Å²) in [5.74, 6) is -5.22. The summed E-state index contributed by atoms with van der Waals surface area (Å²) < 4.78 is 49.4. The predicted octanol–water partition coefficient (Wildman–Crippen LogP) is 2.53. The molecule has 0 spiro atoms. The van der Waals surface area contributed by atoms with Crippen LogP contribution < -0.4 is 9.47 Å². The van der Waals surface area contributed by atoms with Crippen molar-refractivity contribution >= 4 is 12.0 Å². The number of methoxy groups -OCH3 is 1. The normalized spacial score (nSPS) is 17.8. The summed E-state index contributed by atoms with van der Waals surface area (Å²) in [4.78, 5) is 11.1. The van der Waals surface area contributed by atoms with Crippen molar-refractivity contribution in [3.8, 4) is 11.5 Å². The second-order valence-electron chi connectivity index (χ2n) is 4.17. The van der Waals surface area contributed by atoms with Gasteiger partial charge in [0, 0.05) is 0 Å². The highest BCUT2D eigenvalue weighted by Gasteiger charge is 2.48. The molecule has 2 rings (SSSR count). The van der Waals surface area contributed by atoms with Crippen molar-refractivity contribution in [2.45, 2.75) is 12.0 Å². The summed E-state index contributed by atoms with van der Waals surface area (Å²) in [5.41, 5.74) is -0.483. The summed E-state index contributed by atoms with van der Waals surface area (Å²) in [5, 5.41) is 9.01. The van der Waals surface area contributed by atoms with E-state index in [1.807, 2.05) is 0 Å². The molecule has 1 N–H and O–H groups in total. The minimum Gasteiger partial charge on any atom is -0.496 e. The van der Waals surface area contributed by atoms with Crippen molar-refractivity contribution < 1.29 is 32.5 Å². The van der Waals surface area contributed by atoms with Crippen LogP contribution in [0.25, 0.3) is 6.08 Å². The van der Waals surface area contributed by atoms with Crippen LogP contribution >= 0.6 is 0 Å². The molecule has 1 heterocycles. The molecule has 0 aromatic heterocycles. The van der Waals surface area contributed by atoms with Gasteiger partial charge in [-0.2, -0.15) is 8.78 Å². The molecule has 0 amide bonds. The number of alkyl halides is 3. The number of hydrogen-bond acceptors (Lipinski definition) is 3. The van der Waals surface area contributed by atoms with Gasteiger partial charge in [0.15, 0.2) is 12.8 Å². The number of aliphatic carboxylic acids is 1. The molecular weight excluding hydrogens is 277 g/mol. The number of carbonyl (C=O) groups is 1. The molecule has 0 saturated heterocycles. The van der Waals surface area contributed by atoms with Crippen molar-refractivity contribution in [1.82, 2.24) is 0 Å². The van der Waals surface area contributed by atoms with E-state index in [1.165, 1.54) is 25.3 Å². The first-order chi connectivity index (χ1) is 9.40. The minimum absolute atomic E-state index is 0.0208. The van der Waals surface area contributed by atoms with E-state index >= 15 is 0 Å². The zero-order chi connectivity index (χ0) is 14.9. The van der Waals surface area contributed by atoms with Crippen LogP contribution in [0.2, 0.25) is 0 Å². The number of carboxylic acid groups (broad SMARTS) is 1.